The van der Waals surface area contributed by atoms with E-state index < -0.39 is 0 Å². The molecule has 5 nitrogen and oxygen atoms in total. The summed E-state index contributed by atoms with van der Waals surface area (Å²) in [7, 11) is 0. The lowest BCUT2D eigenvalue weighted by atomic mass is 9.98. The van der Waals surface area contributed by atoms with E-state index in [0.29, 0.717) is 24.2 Å². The van der Waals surface area contributed by atoms with Crippen molar-refractivity contribution >= 4 is 17.6 Å². The first kappa shape index (κ1) is 22.8. The van der Waals surface area contributed by atoms with Gasteiger partial charge in [0, 0.05) is 42.1 Å². The van der Waals surface area contributed by atoms with Gasteiger partial charge in [-0.05, 0) is 49.6 Å². The highest BCUT2D eigenvalue weighted by Crippen LogP contribution is 2.31. The normalized spacial score (nSPS) is 16.1. The quantitative estimate of drug-likeness (QED) is 0.559. The molecule has 0 bridgehead atoms. The Hall–Kier alpha value is -3.41. The van der Waals surface area contributed by atoms with Crippen LogP contribution in [0.3, 0.4) is 0 Å². The summed E-state index contributed by atoms with van der Waals surface area (Å²) >= 11 is 0. The monoisotopic (exact) mass is 446 g/mol. The molecule has 0 spiro atoms. The van der Waals surface area contributed by atoms with Crippen LogP contribution in [0.4, 0.5) is 10.2 Å². The van der Waals surface area contributed by atoms with Gasteiger partial charge < -0.3 is 10.1 Å². The molecule has 6 heteroatoms. The number of hydrogen-bond donors (Lipinski definition) is 1. The van der Waals surface area contributed by atoms with Crippen LogP contribution in [0.1, 0.15) is 50.3 Å². The largest absolute Gasteiger partial charge is 0.493 e. The number of allylic oxidation sites excluding steroid dienone is 6. The number of unbranched alkanes of at least 4 members (excludes halogenated alkanes) is 1. The summed E-state index contributed by atoms with van der Waals surface area (Å²) in [6, 6.07) is 3.16. The number of ether oxygens (including phenoxy) is 1. The van der Waals surface area contributed by atoms with Gasteiger partial charge in [0.1, 0.15) is 17.4 Å². The van der Waals surface area contributed by atoms with Gasteiger partial charge in [0.05, 0.1) is 13.2 Å². The van der Waals surface area contributed by atoms with Crippen LogP contribution in [0, 0.1) is 5.82 Å². The lowest BCUT2D eigenvalue weighted by Crippen LogP contribution is -2.28. The second-order valence-corrected chi connectivity index (χ2v) is 8.16. The Morgan fingerprint density at radius 1 is 1.36 bits per heavy atom. The second kappa shape index (κ2) is 10.5. The molecule has 172 valence electrons. The first-order valence-electron chi connectivity index (χ1n) is 11.6. The molecule has 0 radical (unpaired) electrons. The number of aromatic nitrogens is 2. The molecule has 3 heterocycles. The summed E-state index contributed by atoms with van der Waals surface area (Å²) in [6.07, 6.45) is 17.2. The highest BCUT2D eigenvalue weighted by molar-refractivity contribution is 5.85. The summed E-state index contributed by atoms with van der Waals surface area (Å²) < 4.78 is 22.1. The van der Waals surface area contributed by atoms with Crippen molar-refractivity contribution in [3.05, 3.63) is 82.4 Å². The maximum Gasteiger partial charge on any atom is 0.230 e. The molecule has 1 aromatic heterocycles. The van der Waals surface area contributed by atoms with Crippen LogP contribution in [0.15, 0.2) is 59.3 Å². The Balaban J connectivity index is 1.78. The Morgan fingerprint density at radius 2 is 2.24 bits per heavy atom. The standard InChI is InChI=1S/C27H31FN4O/c1-4-6-9-19(3)20(10-7-5-2)23-18-31-27(32-15-8-14-29-26(23)32)30-17-22-21-13-16-33-25(21)12-11-24(22)28/h5,7-12,15,18,29H,4,6,13-14,16-17H2,1-3H3/b7-5-,19-9+,20-10+,30-27?. The molecule has 2 aromatic rings. The van der Waals surface area contributed by atoms with Crippen molar-refractivity contribution in [3.63, 3.8) is 0 Å². The molecule has 1 aromatic carbocycles. The van der Waals surface area contributed by atoms with Gasteiger partial charge in [-0.15, -0.1) is 0 Å². The first-order valence-corrected chi connectivity index (χ1v) is 11.6. The van der Waals surface area contributed by atoms with E-state index in [0.717, 1.165) is 47.7 Å². The zero-order valence-electron chi connectivity index (χ0n) is 19.6. The van der Waals surface area contributed by atoms with E-state index in [1.807, 2.05) is 42.1 Å². The second-order valence-electron chi connectivity index (χ2n) is 8.16. The van der Waals surface area contributed by atoms with Crippen LogP contribution >= 0.6 is 0 Å². The number of fused-ring (bicyclic) bond motifs is 2. The highest BCUT2D eigenvalue weighted by atomic mass is 19.1. The molecule has 0 aliphatic carbocycles. The Kier molecular flexibility index (Phi) is 7.23. The minimum atomic E-state index is -0.250. The molecule has 0 unspecified atom stereocenters. The van der Waals surface area contributed by atoms with Crippen LogP contribution in [0.5, 0.6) is 5.75 Å². The molecule has 0 saturated carbocycles. The molecular weight excluding hydrogens is 415 g/mol. The molecule has 0 atom stereocenters. The number of hydrogen-bond acceptors (Lipinski definition) is 4. The molecule has 2 aliphatic heterocycles. The van der Waals surface area contributed by atoms with E-state index in [1.54, 1.807) is 6.07 Å². The number of nitrogens with zero attached hydrogens (tertiary/aromatic N) is 3. The summed E-state index contributed by atoms with van der Waals surface area (Å²) in [5.41, 5.74) is 5.38. The van der Waals surface area contributed by atoms with E-state index in [2.05, 4.69) is 36.3 Å². The van der Waals surface area contributed by atoms with Gasteiger partial charge in [-0.3, -0.25) is 4.57 Å². The molecule has 0 amide bonds. The summed E-state index contributed by atoms with van der Waals surface area (Å²) in [6.45, 7) is 7.85. The molecule has 4 rings (SSSR count). The Labute approximate surface area is 194 Å². The molecule has 33 heavy (non-hydrogen) atoms. The summed E-state index contributed by atoms with van der Waals surface area (Å²) in [5, 5.41) is 3.48. The fourth-order valence-corrected chi connectivity index (χ4v) is 4.16. The molecule has 1 N–H and O–H groups in total. The maximum absolute atomic E-state index is 14.6. The van der Waals surface area contributed by atoms with E-state index in [-0.39, 0.29) is 12.4 Å². The smallest absolute Gasteiger partial charge is 0.230 e. The van der Waals surface area contributed by atoms with Crippen molar-refractivity contribution in [2.24, 2.45) is 4.99 Å². The van der Waals surface area contributed by atoms with Crippen molar-refractivity contribution < 1.29 is 9.13 Å². The zero-order chi connectivity index (χ0) is 23.2. The van der Waals surface area contributed by atoms with Crippen molar-refractivity contribution in [2.45, 2.75) is 46.6 Å². The fraction of sp³-hybridized carbons (Fsp3) is 0.333. The van der Waals surface area contributed by atoms with Gasteiger partial charge >= 0.3 is 0 Å². The number of anilines is 1. The SMILES string of the molecule is C\C=C/C=C(\C(C)=C\CCC)c1cnc(=NCc2c(F)ccc3c2CCO3)n2c1NCC=C2. The predicted molar refractivity (Wildman–Crippen MR) is 132 cm³/mol. The van der Waals surface area contributed by atoms with Crippen LogP contribution in [0.2, 0.25) is 0 Å². The number of nitrogens with one attached hydrogen (secondary N) is 1. The third-order valence-corrected chi connectivity index (χ3v) is 5.89. The van der Waals surface area contributed by atoms with E-state index in [1.165, 1.54) is 11.6 Å². The van der Waals surface area contributed by atoms with Crippen LogP contribution in [0.25, 0.3) is 11.8 Å². The fourth-order valence-electron chi connectivity index (χ4n) is 4.16. The molecule has 0 fully saturated rings. The van der Waals surface area contributed by atoms with Gasteiger partial charge in [0.25, 0.3) is 0 Å². The van der Waals surface area contributed by atoms with Gasteiger partial charge in [0.15, 0.2) is 0 Å². The predicted octanol–water partition coefficient (Wildman–Crippen LogP) is 5.66. The maximum atomic E-state index is 14.6. The zero-order valence-corrected chi connectivity index (χ0v) is 19.6. The average Bonchev–Trinajstić information content (AvgIpc) is 3.32. The van der Waals surface area contributed by atoms with Crippen molar-refractivity contribution in [2.75, 3.05) is 18.5 Å². The Morgan fingerprint density at radius 3 is 3.06 bits per heavy atom. The van der Waals surface area contributed by atoms with Crippen molar-refractivity contribution in [1.82, 2.24) is 9.55 Å². The molecule has 2 aliphatic rings. The van der Waals surface area contributed by atoms with Crippen molar-refractivity contribution in [3.8, 4) is 5.75 Å². The average molecular weight is 447 g/mol. The van der Waals surface area contributed by atoms with Gasteiger partial charge in [0.2, 0.25) is 5.62 Å². The Bertz CT molecular complexity index is 1220. The van der Waals surface area contributed by atoms with Gasteiger partial charge in [-0.2, -0.15) is 0 Å². The van der Waals surface area contributed by atoms with E-state index >= 15 is 0 Å². The van der Waals surface area contributed by atoms with E-state index in [4.69, 9.17) is 9.73 Å². The summed E-state index contributed by atoms with van der Waals surface area (Å²) in [4.78, 5) is 9.38. The number of rotatable bonds is 7. The third kappa shape index (κ3) is 4.85. The minimum Gasteiger partial charge on any atom is -0.493 e. The van der Waals surface area contributed by atoms with Crippen LogP contribution in [-0.2, 0) is 13.0 Å². The first-order chi connectivity index (χ1) is 16.1. The van der Waals surface area contributed by atoms with Crippen LogP contribution < -0.4 is 15.7 Å². The minimum absolute atomic E-state index is 0.217. The number of benzene rings is 1. The highest BCUT2D eigenvalue weighted by Gasteiger charge is 2.20. The van der Waals surface area contributed by atoms with Gasteiger partial charge in [-0.1, -0.05) is 37.6 Å². The molecular formula is C27H31FN4O. The molecule has 0 saturated heterocycles. The van der Waals surface area contributed by atoms with Crippen molar-refractivity contribution in [1.29, 1.82) is 0 Å². The lowest BCUT2D eigenvalue weighted by molar-refractivity contribution is 0.356. The summed E-state index contributed by atoms with van der Waals surface area (Å²) in [5.74, 6) is 1.45. The topological polar surface area (TPSA) is 51.4 Å². The number of halogens is 1. The van der Waals surface area contributed by atoms with Gasteiger partial charge in [-0.25, -0.2) is 14.4 Å². The van der Waals surface area contributed by atoms with Crippen LogP contribution in [-0.4, -0.2) is 22.7 Å². The third-order valence-electron chi connectivity index (χ3n) is 5.89. The lowest BCUT2D eigenvalue weighted by Gasteiger charge is -2.21. The van der Waals surface area contributed by atoms with E-state index in [9.17, 15) is 4.39 Å².